The summed E-state index contributed by atoms with van der Waals surface area (Å²) in [6, 6.07) is 1.92. The van der Waals surface area contributed by atoms with E-state index >= 15 is 0 Å². The number of pyridine rings is 1. The average Bonchev–Trinajstić information content (AvgIpc) is 3.12. The van der Waals surface area contributed by atoms with Crippen molar-refractivity contribution in [3.05, 3.63) is 23.5 Å². The highest BCUT2D eigenvalue weighted by Gasteiger charge is 2.39. The lowest BCUT2D eigenvalue weighted by atomic mass is 9.93. The number of carbonyl (C=O) groups is 2. The van der Waals surface area contributed by atoms with E-state index in [0.29, 0.717) is 24.3 Å². The van der Waals surface area contributed by atoms with Crippen LogP contribution in [0.3, 0.4) is 0 Å². The van der Waals surface area contributed by atoms with Gasteiger partial charge >= 0.3 is 5.97 Å². The summed E-state index contributed by atoms with van der Waals surface area (Å²) >= 11 is 0. The number of ether oxygens (including phenoxy) is 1. The van der Waals surface area contributed by atoms with E-state index in [1.54, 1.807) is 23.9 Å². The van der Waals surface area contributed by atoms with Crippen LogP contribution in [0.5, 0.6) is 0 Å². The molecule has 1 aliphatic rings. The monoisotopic (exact) mass is 346 g/mol. The number of carboxylic acids is 1. The van der Waals surface area contributed by atoms with Crippen molar-refractivity contribution in [3.8, 4) is 0 Å². The maximum atomic E-state index is 12.8. The first-order chi connectivity index (χ1) is 11.8. The molecule has 1 saturated heterocycles. The van der Waals surface area contributed by atoms with Crippen molar-refractivity contribution >= 4 is 22.9 Å². The van der Waals surface area contributed by atoms with Gasteiger partial charge in [0, 0.05) is 18.0 Å². The van der Waals surface area contributed by atoms with Crippen LogP contribution in [0.25, 0.3) is 11.0 Å². The summed E-state index contributed by atoms with van der Waals surface area (Å²) in [5.41, 5.74) is 0.865. The van der Waals surface area contributed by atoms with Gasteiger partial charge in [-0.2, -0.15) is 5.10 Å². The van der Waals surface area contributed by atoms with Crippen molar-refractivity contribution in [3.63, 3.8) is 0 Å². The van der Waals surface area contributed by atoms with Gasteiger partial charge in [0.2, 0.25) is 0 Å². The van der Waals surface area contributed by atoms with Crippen LogP contribution < -0.4 is 5.32 Å². The second-order valence-corrected chi connectivity index (χ2v) is 6.82. The second-order valence-electron chi connectivity index (χ2n) is 6.82. The Morgan fingerprint density at radius 2 is 2.24 bits per heavy atom. The molecule has 1 aliphatic heterocycles. The zero-order chi connectivity index (χ0) is 18.2. The lowest BCUT2D eigenvalue weighted by Gasteiger charge is -2.27. The number of nitrogens with one attached hydrogen (secondary N) is 1. The van der Waals surface area contributed by atoms with E-state index in [2.05, 4.69) is 15.4 Å². The number of aliphatic carboxylic acids is 1. The Bertz CT molecular complexity index is 821. The number of fused-ring (bicyclic) bond motifs is 1. The van der Waals surface area contributed by atoms with Gasteiger partial charge in [-0.1, -0.05) is 0 Å². The molecule has 0 aromatic carbocycles. The van der Waals surface area contributed by atoms with Gasteiger partial charge in [-0.3, -0.25) is 9.59 Å². The molecule has 1 fully saturated rings. The van der Waals surface area contributed by atoms with Gasteiger partial charge < -0.3 is 15.2 Å². The molecule has 2 aromatic heterocycles. The van der Waals surface area contributed by atoms with Crippen molar-refractivity contribution in [2.24, 2.45) is 0 Å². The van der Waals surface area contributed by atoms with Gasteiger partial charge in [0.15, 0.2) is 5.65 Å². The molecule has 0 saturated carbocycles. The molecule has 3 rings (SSSR count). The van der Waals surface area contributed by atoms with Crippen molar-refractivity contribution in [2.75, 3.05) is 13.2 Å². The summed E-state index contributed by atoms with van der Waals surface area (Å²) in [7, 11) is 0. The van der Waals surface area contributed by atoms with E-state index in [9.17, 15) is 9.59 Å². The Hall–Kier alpha value is -2.48. The van der Waals surface area contributed by atoms with Crippen LogP contribution in [0, 0.1) is 6.92 Å². The van der Waals surface area contributed by atoms with E-state index < -0.39 is 11.5 Å². The molecule has 1 atom stereocenters. The predicted molar refractivity (Wildman–Crippen MR) is 90.5 cm³/mol. The average molecular weight is 346 g/mol. The summed E-state index contributed by atoms with van der Waals surface area (Å²) in [5.74, 6) is -1.30. The smallest absolute Gasteiger partial charge is 0.305 e. The third kappa shape index (κ3) is 3.34. The lowest BCUT2D eigenvalue weighted by molar-refractivity contribution is -0.138. The highest BCUT2D eigenvalue weighted by molar-refractivity contribution is 5.98. The maximum Gasteiger partial charge on any atom is 0.305 e. The number of carboxylic acid groups (broad SMARTS) is 1. The standard InChI is InChI=1S/C17H22N4O4/c1-10(2)21-15-12(8-18-21)6-13(11(3)19-15)16(24)20-17(7-14(22)23)4-5-25-9-17/h6,8,10H,4-5,7,9H2,1-3H3,(H,20,24)(H,22,23). The predicted octanol–water partition coefficient (Wildman–Crippen LogP) is 1.68. The number of rotatable bonds is 5. The fourth-order valence-corrected chi connectivity index (χ4v) is 3.16. The van der Waals surface area contributed by atoms with Crippen LogP contribution in [0.1, 0.15) is 48.8 Å². The molecular weight excluding hydrogens is 324 g/mol. The Kier molecular flexibility index (Phi) is 4.47. The summed E-state index contributed by atoms with van der Waals surface area (Å²) < 4.78 is 7.13. The number of aryl methyl sites for hydroxylation is 1. The van der Waals surface area contributed by atoms with Crippen molar-refractivity contribution in [2.45, 2.75) is 45.2 Å². The summed E-state index contributed by atoms with van der Waals surface area (Å²) in [6.45, 7) is 6.43. The Labute approximate surface area is 145 Å². The van der Waals surface area contributed by atoms with E-state index in [4.69, 9.17) is 9.84 Å². The zero-order valence-electron chi connectivity index (χ0n) is 14.6. The second kappa shape index (κ2) is 6.44. The molecule has 8 heteroatoms. The first kappa shape index (κ1) is 17.3. The minimum Gasteiger partial charge on any atom is -0.481 e. The van der Waals surface area contributed by atoms with Gasteiger partial charge in [0.05, 0.1) is 36.0 Å². The largest absolute Gasteiger partial charge is 0.481 e. The molecule has 2 N–H and O–H groups in total. The number of nitrogens with zero attached hydrogens (tertiary/aromatic N) is 3. The third-order valence-electron chi connectivity index (χ3n) is 4.47. The minimum absolute atomic E-state index is 0.165. The van der Waals surface area contributed by atoms with Crippen LogP contribution >= 0.6 is 0 Å². The Balaban J connectivity index is 1.91. The van der Waals surface area contributed by atoms with E-state index in [-0.39, 0.29) is 25.0 Å². The van der Waals surface area contributed by atoms with Crippen LogP contribution in [0.2, 0.25) is 0 Å². The van der Waals surface area contributed by atoms with Gasteiger partial charge in [-0.15, -0.1) is 0 Å². The fraction of sp³-hybridized carbons (Fsp3) is 0.529. The maximum absolute atomic E-state index is 12.8. The molecule has 8 nitrogen and oxygen atoms in total. The Morgan fingerprint density at radius 3 is 2.84 bits per heavy atom. The van der Waals surface area contributed by atoms with Crippen LogP contribution in [0.4, 0.5) is 0 Å². The number of hydrogen-bond donors (Lipinski definition) is 2. The number of aromatic nitrogens is 3. The minimum atomic E-state index is -0.964. The molecule has 25 heavy (non-hydrogen) atoms. The van der Waals surface area contributed by atoms with E-state index in [1.807, 2.05) is 13.8 Å². The molecule has 1 amide bonds. The summed E-state index contributed by atoms with van der Waals surface area (Å²) in [5, 5.41) is 17.1. The Morgan fingerprint density at radius 1 is 1.48 bits per heavy atom. The topological polar surface area (TPSA) is 106 Å². The molecule has 0 aliphatic carbocycles. The van der Waals surface area contributed by atoms with Gasteiger partial charge in [0.1, 0.15) is 0 Å². The SMILES string of the molecule is Cc1nc2c(cnn2C(C)C)cc1C(=O)NC1(CC(=O)O)CCOC1. The molecule has 0 bridgehead atoms. The lowest BCUT2D eigenvalue weighted by Crippen LogP contribution is -2.50. The summed E-state index contributed by atoms with van der Waals surface area (Å²) in [4.78, 5) is 28.5. The van der Waals surface area contributed by atoms with Crippen LogP contribution in [-0.2, 0) is 9.53 Å². The molecule has 1 unspecified atom stereocenters. The number of carbonyl (C=O) groups excluding carboxylic acids is 1. The van der Waals surface area contributed by atoms with Gasteiger partial charge in [-0.05, 0) is 33.3 Å². The van der Waals surface area contributed by atoms with Gasteiger partial charge in [0.25, 0.3) is 5.91 Å². The van der Waals surface area contributed by atoms with Gasteiger partial charge in [-0.25, -0.2) is 9.67 Å². The molecule has 0 radical (unpaired) electrons. The molecule has 3 heterocycles. The van der Waals surface area contributed by atoms with Crippen LogP contribution in [0.15, 0.2) is 12.3 Å². The summed E-state index contributed by atoms with van der Waals surface area (Å²) in [6.07, 6.45) is 1.99. The molecular formula is C17H22N4O4. The van der Waals surface area contributed by atoms with Crippen LogP contribution in [-0.4, -0.2) is 50.5 Å². The first-order valence-corrected chi connectivity index (χ1v) is 8.28. The number of amides is 1. The number of hydrogen-bond acceptors (Lipinski definition) is 5. The molecule has 0 spiro atoms. The van der Waals surface area contributed by atoms with Crippen molar-refractivity contribution in [1.29, 1.82) is 0 Å². The van der Waals surface area contributed by atoms with Crippen molar-refractivity contribution < 1.29 is 19.4 Å². The normalized spacial score (nSPS) is 20.3. The highest BCUT2D eigenvalue weighted by Crippen LogP contribution is 2.25. The quantitative estimate of drug-likeness (QED) is 0.853. The third-order valence-corrected chi connectivity index (χ3v) is 4.47. The molecule has 2 aromatic rings. The van der Waals surface area contributed by atoms with E-state index in [0.717, 1.165) is 11.0 Å². The first-order valence-electron chi connectivity index (χ1n) is 8.28. The van der Waals surface area contributed by atoms with E-state index in [1.165, 1.54) is 0 Å². The zero-order valence-corrected chi connectivity index (χ0v) is 14.6. The fourth-order valence-electron chi connectivity index (χ4n) is 3.16. The highest BCUT2D eigenvalue weighted by atomic mass is 16.5. The molecule has 134 valence electrons. The van der Waals surface area contributed by atoms with Crippen molar-refractivity contribution in [1.82, 2.24) is 20.1 Å².